The molecule has 0 saturated heterocycles. The van der Waals surface area contributed by atoms with Gasteiger partial charge in [-0.2, -0.15) is 5.10 Å². The number of ether oxygens (including phenoxy) is 3. The average molecular weight is 504 g/mol. The molecule has 2 aromatic carbocycles. The number of benzene rings is 2. The van der Waals surface area contributed by atoms with Gasteiger partial charge in [0.2, 0.25) is 5.75 Å². The molecule has 180 valence electrons. The number of hydrogen-bond donors (Lipinski definition) is 1. The Morgan fingerprint density at radius 2 is 1.74 bits per heavy atom. The van der Waals surface area contributed by atoms with Gasteiger partial charge in [-0.3, -0.25) is 9.00 Å². The van der Waals surface area contributed by atoms with Gasteiger partial charge in [-0.25, -0.2) is 4.68 Å². The molecule has 1 N–H and O–H groups in total. The summed E-state index contributed by atoms with van der Waals surface area (Å²) in [5, 5.41) is 8.13. The molecule has 0 aliphatic carbocycles. The summed E-state index contributed by atoms with van der Waals surface area (Å²) >= 11 is 6.18. The van der Waals surface area contributed by atoms with E-state index < -0.39 is 10.8 Å². The van der Waals surface area contributed by atoms with Gasteiger partial charge in [0.25, 0.3) is 5.91 Å². The van der Waals surface area contributed by atoms with Crippen LogP contribution in [0.1, 0.15) is 42.4 Å². The van der Waals surface area contributed by atoms with Crippen molar-refractivity contribution in [2.75, 3.05) is 25.1 Å². The van der Waals surface area contributed by atoms with Crippen LogP contribution in [0.25, 0.3) is 5.69 Å². The molecule has 34 heavy (non-hydrogen) atoms. The lowest BCUT2D eigenvalue weighted by Gasteiger charge is -2.17. The summed E-state index contributed by atoms with van der Waals surface area (Å²) in [6, 6.07) is 10.4. The van der Waals surface area contributed by atoms with Crippen molar-refractivity contribution >= 4 is 34.1 Å². The maximum Gasteiger partial charge on any atom is 0.257 e. The van der Waals surface area contributed by atoms with Gasteiger partial charge in [0.05, 0.1) is 42.7 Å². The number of nitrogens with zero attached hydrogens (tertiary/aromatic N) is 2. The lowest BCUT2D eigenvalue weighted by atomic mass is 10.1. The largest absolute Gasteiger partial charge is 0.490 e. The first-order valence-electron chi connectivity index (χ1n) is 11.0. The molecule has 1 unspecified atom stereocenters. The molecule has 1 aliphatic heterocycles. The highest BCUT2D eigenvalue weighted by atomic mass is 35.5. The minimum atomic E-state index is -1.05. The van der Waals surface area contributed by atoms with Crippen molar-refractivity contribution in [2.24, 2.45) is 0 Å². The van der Waals surface area contributed by atoms with Gasteiger partial charge in [-0.15, -0.1) is 0 Å². The molecule has 10 heteroatoms. The number of carbonyl (C=O) groups excluding carboxylic acids is 1. The van der Waals surface area contributed by atoms with Crippen LogP contribution in [0.3, 0.4) is 0 Å². The molecule has 8 nitrogen and oxygen atoms in total. The Kier molecular flexibility index (Phi) is 7.43. The zero-order chi connectivity index (χ0) is 24.2. The first-order valence-corrected chi connectivity index (χ1v) is 12.9. The van der Waals surface area contributed by atoms with Crippen molar-refractivity contribution < 1.29 is 23.2 Å². The zero-order valence-corrected chi connectivity index (χ0v) is 20.8. The maximum atomic E-state index is 13.4. The van der Waals surface area contributed by atoms with E-state index in [9.17, 15) is 9.00 Å². The molecule has 0 radical (unpaired) electrons. The molecule has 1 amide bonds. The predicted molar refractivity (Wildman–Crippen MR) is 132 cm³/mol. The lowest BCUT2D eigenvalue weighted by molar-refractivity contribution is 0.102. The van der Waals surface area contributed by atoms with Crippen molar-refractivity contribution in [1.82, 2.24) is 9.78 Å². The van der Waals surface area contributed by atoms with Gasteiger partial charge < -0.3 is 19.5 Å². The number of carbonyl (C=O) groups is 1. The number of nitrogens with one attached hydrogen (secondary N) is 1. The van der Waals surface area contributed by atoms with Crippen LogP contribution in [0.2, 0.25) is 5.02 Å². The van der Waals surface area contributed by atoms with Crippen LogP contribution in [0.15, 0.2) is 36.4 Å². The average Bonchev–Trinajstić information content (AvgIpc) is 3.32. The van der Waals surface area contributed by atoms with Crippen molar-refractivity contribution in [3.8, 4) is 22.9 Å². The summed E-state index contributed by atoms with van der Waals surface area (Å²) in [5.41, 5.74) is 2.49. The smallest absolute Gasteiger partial charge is 0.257 e. The minimum Gasteiger partial charge on any atom is -0.490 e. The Morgan fingerprint density at radius 1 is 1.06 bits per heavy atom. The van der Waals surface area contributed by atoms with E-state index in [1.807, 2.05) is 32.9 Å². The Bertz CT molecular complexity index is 1220. The van der Waals surface area contributed by atoms with E-state index in [-0.39, 0.29) is 5.91 Å². The number of aromatic nitrogens is 2. The fraction of sp³-hybridized carbons (Fsp3) is 0.333. The van der Waals surface area contributed by atoms with Gasteiger partial charge in [-0.1, -0.05) is 17.7 Å². The fourth-order valence-electron chi connectivity index (χ4n) is 3.75. The van der Waals surface area contributed by atoms with Crippen LogP contribution in [0, 0.1) is 0 Å². The van der Waals surface area contributed by atoms with Gasteiger partial charge >= 0.3 is 0 Å². The number of halogens is 1. The van der Waals surface area contributed by atoms with Crippen LogP contribution >= 0.6 is 11.6 Å². The third-order valence-corrected chi connectivity index (χ3v) is 6.57. The molecule has 4 rings (SSSR count). The summed E-state index contributed by atoms with van der Waals surface area (Å²) in [6.07, 6.45) is 0. The van der Waals surface area contributed by atoms with E-state index in [0.29, 0.717) is 76.4 Å². The monoisotopic (exact) mass is 503 g/mol. The van der Waals surface area contributed by atoms with Crippen LogP contribution in [-0.4, -0.2) is 39.7 Å². The highest BCUT2D eigenvalue weighted by molar-refractivity contribution is 7.83. The topological polar surface area (TPSA) is 91.7 Å². The number of amides is 1. The molecular formula is C24H26ClN3O5S. The molecule has 0 spiro atoms. The number of rotatable bonds is 9. The summed E-state index contributed by atoms with van der Waals surface area (Å²) in [6.45, 7) is 6.81. The van der Waals surface area contributed by atoms with E-state index in [1.165, 1.54) is 0 Å². The minimum absolute atomic E-state index is 0.323. The summed E-state index contributed by atoms with van der Waals surface area (Å²) in [7, 11) is -1.05. The SMILES string of the molecule is CCOc1cc(C(=O)Nc2c3c(nn2-c2cccc(Cl)c2)CS(=O)C3)cc(OCC)c1OCC. The fourth-order valence-corrected chi connectivity index (χ4v) is 5.20. The van der Waals surface area contributed by atoms with E-state index in [0.717, 1.165) is 5.56 Å². The normalized spacial score (nSPS) is 14.5. The molecule has 0 fully saturated rings. The van der Waals surface area contributed by atoms with Crippen LogP contribution in [-0.2, 0) is 22.3 Å². The molecular weight excluding hydrogens is 478 g/mol. The van der Waals surface area contributed by atoms with Gasteiger partial charge in [-0.05, 0) is 51.1 Å². The second-order valence-electron chi connectivity index (χ2n) is 7.45. The van der Waals surface area contributed by atoms with Crippen molar-refractivity contribution in [3.05, 3.63) is 58.2 Å². The highest BCUT2D eigenvalue weighted by Gasteiger charge is 2.29. The zero-order valence-electron chi connectivity index (χ0n) is 19.2. The van der Waals surface area contributed by atoms with Gasteiger partial charge in [0, 0.05) is 26.9 Å². The number of hydrogen-bond acceptors (Lipinski definition) is 6. The molecule has 1 aliphatic rings. The summed E-state index contributed by atoms with van der Waals surface area (Å²) in [4.78, 5) is 13.4. The standard InChI is InChI=1S/C24H26ClN3O5S/c1-4-31-20-10-15(11-21(32-5-2)22(20)33-6-3)24(29)26-23-18-13-34(30)14-19(18)27-28(23)17-9-7-8-16(25)12-17/h7-12H,4-6,13-14H2,1-3H3,(H,26,29). The first kappa shape index (κ1) is 24.1. The van der Waals surface area contributed by atoms with Crippen LogP contribution in [0.4, 0.5) is 5.82 Å². The number of fused-ring (bicyclic) bond motifs is 1. The van der Waals surface area contributed by atoms with E-state index in [4.69, 9.17) is 25.8 Å². The third-order valence-electron chi connectivity index (χ3n) is 5.13. The second-order valence-corrected chi connectivity index (χ2v) is 9.34. The van der Waals surface area contributed by atoms with E-state index >= 15 is 0 Å². The first-order chi connectivity index (χ1) is 16.4. The Morgan fingerprint density at radius 3 is 2.35 bits per heavy atom. The molecule has 1 atom stereocenters. The molecule has 0 saturated carbocycles. The highest BCUT2D eigenvalue weighted by Crippen LogP contribution is 2.40. The van der Waals surface area contributed by atoms with Gasteiger partial charge in [0.15, 0.2) is 11.5 Å². The molecule has 1 aromatic heterocycles. The van der Waals surface area contributed by atoms with Crippen molar-refractivity contribution in [3.63, 3.8) is 0 Å². The Labute approximate surface area is 205 Å². The third kappa shape index (κ3) is 4.90. The van der Waals surface area contributed by atoms with Crippen LogP contribution < -0.4 is 19.5 Å². The van der Waals surface area contributed by atoms with Crippen molar-refractivity contribution in [1.29, 1.82) is 0 Å². The maximum absolute atomic E-state index is 13.4. The van der Waals surface area contributed by atoms with E-state index in [2.05, 4.69) is 10.4 Å². The Hall–Kier alpha value is -3.04. The van der Waals surface area contributed by atoms with Crippen molar-refractivity contribution in [2.45, 2.75) is 32.3 Å². The van der Waals surface area contributed by atoms with E-state index in [1.54, 1.807) is 28.9 Å². The Balaban J connectivity index is 1.75. The predicted octanol–water partition coefficient (Wildman–Crippen LogP) is 4.74. The van der Waals surface area contributed by atoms with Gasteiger partial charge in [0.1, 0.15) is 5.82 Å². The number of anilines is 1. The second kappa shape index (κ2) is 10.5. The molecule has 2 heterocycles. The lowest BCUT2D eigenvalue weighted by Crippen LogP contribution is -2.17. The molecule has 3 aromatic rings. The summed E-state index contributed by atoms with van der Waals surface area (Å²) < 4.78 is 31.0. The summed E-state index contributed by atoms with van der Waals surface area (Å²) in [5.74, 6) is 2.07. The molecule has 0 bridgehead atoms. The van der Waals surface area contributed by atoms with Crippen LogP contribution in [0.5, 0.6) is 17.2 Å². The quantitative estimate of drug-likeness (QED) is 0.453.